The minimum Gasteiger partial charge on any atom is -0.394 e. The molecule has 0 bridgehead atoms. The number of aliphatic hydroxyl groups is 2. The molecule has 0 fully saturated rings. The second kappa shape index (κ2) is 10.8. The molecular weight excluding hydrogens is 365 g/mol. The van der Waals surface area contributed by atoms with Gasteiger partial charge in [0.1, 0.15) is 0 Å². The highest BCUT2D eigenvalue weighted by molar-refractivity contribution is 6.33. The Bertz CT molecular complexity index is 606. The lowest BCUT2D eigenvalue weighted by atomic mass is 10.1. The largest absolute Gasteiger partial charge is 0.394 e. The Labute approximate surface area is 157 Å². The second-order valence-electron chi connectivity index (χ2n) is 5.51. The highest BCUT2D eigenvalue weighted by atomic mass is 35.5. The Morgan fingerprint density at radius 3 is 2.80 bits per heavy atom. The third kappa shape index (κ3) is 6.62. The van der Waals surface area contributed by atoms with Crippen LogP contribution in [-0.4, -0.2) is 48.3 Å². The average molecular weight is 388 g/mol. The normalized spacial score (nSPS) is 18.5. The van der Waals surface area contributed by atoms with E-state index in [0.29, 0.717) is 24.5 Å². The van der Waals surface area contributed by atoms with Crippen molar-refractivity contribution < 1.29 is 19.7 Å². The molecule has 5 nitrogen and oxygen atoms in total. The summed E-state index contributed by atoms with van der Waals surface area (Å²) in [5.74, 6) is 0. The summed E-state index contributed by atoms with van der Waals surface area (Å²) >= 11 is 12.6. The summed E-state index contributed by atoms with van der Waals surface area (Å²) in [6, 6.07) is 7.61. The van der Waals surface area contributed by atoms with Crippen LogP contribution in [0, 0.1) is 0 Å². The topological polar surface area (TPSA) is 71.0 Å². The van der Waals surface area contributed by atoms with Crippen molar-refractivity contribution in [2.45, 2.75) is 24.5 Å². The third-order valence-corrected chi connectivity index (χ3v) is 4.36. The molecule has 0 spiro atoms. The van der Waals surface area contributed by atoms with Crippen LogP contribution in [-0.2, 0) is 15.9 Å². The lowest BCUT2D eigenvalue weighted by Gasteiger charge is -2.22. The number of allylic oxidation sites excluding steroid dienone is 4. The zero-order chi connectivity index (χ0) is 18.1. The van der Waals surface area contributed by atoms with Crippen LogP contribution in [0.1, 0.15) is 12.0 Å². The van der Waals surface area contributed by atoms with Gasteiger partial charge in [-0.1, -0.05) is 35.9 Å². The minimum absolute atomic E-state index is 0.0310. The Balaban J connectivity index is 1.95. The molecule has 138 valence electrons. The smallest absolute Gasteiger partial charge is 0.158 e. The van der Waals surface area contributed by atoms with E-state index in [2.05, 4.69) is 5.32 Å². The predicted octanol–water partition coefficient (Wildman–Crippen LogP) is 3.00. The lowest BCUT2D eigenvalue weighted by molar-refractivity contribution is -0.111. The van der Waals surface area contributed by atoms with E-state index in [1.54, 1.807) is 0 Å². The van der Waals surface area contributed by atoms with Crippen molar-refractivity contribution in [1.82, 2.24) is 0 Å². The van der Waals surface area contributed by atoms with Crippen LogP contribution >= 0.6 is 23.2 Å². The summed E-state index contributed by atoms with van der Waals surface area (Å²) in [6.07, 6.45) is 3.84. The molecule has 0 amide bonds. The van der Waals surface area contributed by atoms with Gasteiger partial charge in [0.15, 0.2) is 6.29 Å². The standard InChI is InChI=1S/C18H23Cl2NO4/c19-14-5-3-6-15(20)18(14)21-16-7-2-1-4-13(16)12-17(23)25-11-10-24-9-8-22/h1-5,7,15,17,21-23H,6,8-12H2. The molecule has 0 aromatic heterocycles. The number of alkyl halides is 1. The SMILES string of the molecule is OCCOCCOC(O)Cc1ccccc1NC1=C(Cl)C=CCC1Cl. The maximum Gasteiger partial charge on any atom is 0.158 e. The van der Waals surface area contributed by atoms with Crippen molar-refractivity contribution in [3.63, 3.8) is 0 Å². The highest BCUT2D eigenvalue weighted by Crippen LogP contribution is 2.29. The maximum atomic E-state index is 10.1. The molecule has 0 heterocycles. The fraction of sp³-hybridized carbons (Fsp3) is 0.444. The van der Waals surface area contributed by atoms with E-state index in [0.717, 1.165) is 16.9 Å². The van der Waals surface area contributed by atoms with E-state index < -0.39 is 6.29 Å². The van der Waals surface area contributed by atoms with Gasteiger partial charge >= 0.3 is 0 Å². The summed E-state index contributed by atoms with van der Waals surface area (Å²) < 4.78 is 10.4. The number of aliphatic hydroxyl groups excluding tert-OH is 2. The van der Waals surface area contributed by atoms with Crippen molar-refractivity contribution in [3.8, 4) is 0 Å². The minimum atomic E-state index is -0.955. The molecule has 2 unspecified atom stereocenters. The van der Waals surface area contributed by atoms with Crippen LogP contribution in [0.2, 0.25) is 0 Å². The van der Waals surface area contributed by atoms with Gasteiger partial charge in [0.05, 0.1) is 42.5 Å². The quantitative estimate of drug-likeness (QED) is 0.327. The maximum absolute atomic E-state index is 10.1. The van der Waals surface area contributed by atoms with Gasteiger partial charge in [-0.15, -0.1) is 11.6 Å². The molecule has 1 aromatic carbocycles. The fourth-order valence-corrected chi connectivity index (χ4v) is 3.01. The number of benzene rings is 1. The van der Waals surface area contributed by atoms with E-state index in [4.69, 9.17) is 37.8 Å². The number of nitrogens with one attached hydrogen (secondary N) is 1. The van der Waals surface area contributed by atoms with Gasteiger partial charge in [-0.25, -0.2) is 0 Å². The van der Waals surface area contributed by atoms with E-state index in [1.165, 1.54) is 0 Å². The monoisotopic (exact) mass is 387 g/mol. The molecule has 2 atom stereocenters. The van der Waals surface area contributed by atoms with Crippen molar-refractivity contribution in [2.75, 3.05) is 31.7 Å². The number of halogens is 2. The Morgan fingerprint density at radius 2 is 2.04 bits per heavy atom. The lowest BCUT2D eigenvalue weighted by Crippen LogP contribution is -2.20. The number of para-hydroxylation sites is 1. The molecule has 1 aliphatic carbocycles. The zero-order valence-electron chi connectivity index (χ0n) is 13.8. The molecule has 7 heteroatoms. The summed E-state index contributed by atoms with van der Waals surface area (Å²) in [6.45, 7) is 0.801. The zero-order valence-corrected chi connectivity index (χ0v) is 15.3. The van der Waals surface area contributed by atoms with Gasteiger partial charge in [-0.2, -0.15) is 0 Å². The first-order valence-corrected chi connectivity index (χ1v) is 8.96. The first kappa shape index (κ1) is 20.2. The summed E-state index contributed by atoms with van der Waals surface area (Å²) in [5, 5.41) is 22.3. The fourth-order valence-electron chi connectivity index (χ4n) is 2.41. The van der Waals surface area contributed by atoms with Crippen molar-refractivity contribution in [3.05, 3.63) is 52.7 Å². The van der Waals surface area contributed by atoms with E-state index in [9.17, 15) is 5.11 Å². The molecule has 0 radical (unpaired) electrons. The Kier molecular flexibility index (Phi) is 8.75. The van der Waals surface area contributed by atoms with Crippen LogP contribution in [0.5, 0.6) is 0 Å². The van der Waals surface area contributed by atoms with Crippen LogP contribution in [0.25, 0.3) is 0 Å². The van der Waals surface area contributed by atoms with Crippen molar-refractivity contribution in [1.29, 1.82) is 0 Å². The molecule has 2 rings (SSSR count). The van der Waals surface area contributed by atoms with Gasteiger partial charge in [-0.3, -0.25) is 0 Å². The van der Waals surface area contributed by atoms with Crippen molar-refractivity contribution in [2.24, 2.45) is 0 Å². The van der Waals surface area contributed by atoms with E-state index in [1.807, 2.05) is 36.4 Å². The summed E-state index contributed by atoms with van der Waals surface area (Å²) in [5.41, 5.74) is 2.48. The van der Waals surface area contributed by atoms with Gasteiger partial charge in [-0.05, 0) is 24.1 Å². The van der Waals surface area contributed by atoms with Gasteiger partial charge in [0.25, 0.3) is 0 Å². The van der Waals surface area contributed by atoms with Gasteiger partial charge in [0.2, 0.25) is 0 Å². The number of hydrogen-bond donors (Lipinski definition) is 3. The Morgan fingerprint density at radius 1 is 1.24 bits per heavy atom. The number of anilines is 1. The highest BCUT2D eigenvalue weighted by Gasteiger charge is 2.18. The first-order chi connectivity index (χ1) is 12.1. The van der Waals surface area contributed by atoms with Crippen LogP contribution in [0.15, 0.2) is 47.1 Å². The molecule has 1 aromatic rings. The average Bonchev–Trinajstić information content (AvgIpc) is 2.59. The summed E-state index contributed by atoms with van der Waals surface area (Å²) in [7, 11) is 0. The molecule has 0 saturated carbocycles. The Hall–Kier alpha value is -1.08. The van der Waals surface area contributed by atoms with E-state index >= 15 is 0 Å². The van der Waals surface area contributed by atoms with Gasteiger partial charge < -0.3 is 25.0 Å². The van der Waals surface area contributed by atoms with Crippen LogP contribution in [0.3, 0.4) is 0 Å². The molecule has 25 heavy (non-hydrogen) atoms. The molecular formula is C18H23Cl2NO4. The molecule has 1 aliphatic rings. The number of rotatable bonds is 10. The molecule has 0 aliphatic heterocycles. The predicted molar refractivity (Wildman–Crippen MR) is 99.9 cm³/mol. The van der Waals surface area contributed by atoms with Gasteiger partial charge in [0, 0.05) is 12.1 Å². The molecule has 0 saturated heterocycles. The number of ether oxygens (including phenoxy) is 2. The van der Waals surface area contributed by atoms with Crippen molar-refractivity contribution >= 4 is 28.9 Å². The third-order valence-electron chi connectivity index (χ3n) is 3.63. The van der Waals surface area contributed by atoms with Crippen LogP contribution in [0.4, 0.5) is 5.69 Å². The van der Waals surface area contributed by atoms with E-state index in [-0.39, 0.29) is 25.2 Å². The second-order valence-corrected chi connectivity index (χ2v) is 6.45. The summed E-state index contributed by atoms with van der Waals surface area (Å²) in [4.78, 5) is 0. The first-order valence-electron chi connectivity index (χ1n) is 8.15. The van der Waals surface area contributed by atoms with Crippen LogP contribution < -0.4 is 5.32 Å². The number of hydrogen-bond acceptors (Lipinski definition) is 5. The molecule has 3 N–H and O–H groups in total.